The van der Waals surface area contributed by atoms with Crippen LogP contribution in [0.25, 0.3) is 0 Å². The van der Waals surface area contributed by atoms with Gasteiger partial charge < -0.3 is 15.8 Å². The number of nitrogens with two attached hydrogens (primary N) is 1. The molecule has 90 valence electrons. The highest BCUT2D eigenvalue weighted by Crippen LogP contribution is 2.14. The molecule has 1 saturated heterocycles. The fraction of sp³-hybridized carbons (Fsp3) is 1.00. The second-order valence-corrected chi connectivity index (χ2v) is 5.27. The third-order valence-electron chi connectivity index (χ3n) is 2.84. The summed E-state index contributed by atoms with van der Waals surface area (Å²) in [5.74, 6) is 0. The monoisotopic (exact) mass is 214 g/mol. The maximum atomic E-state index is 5.90. The predicted octanol–water partition coefficient (Wildman–Crippen LogP) is 1.66. The van der Waals surface area contributed by atoms with Gasteiger partial charge in [-0.1, -0.05) is 0 Å². The molecular weight excluding hydrogens is 188 g/mol. The third-order valence-corrected chi connectivity index (χ3v) is 2.84. The van der Waals surface area contributed by atoms with Crippen LogP contribution in [0.5, 0.6) is 0 Å². The molecule has 0 aliphatic carbocycles. The molecule has 0 aromatic heterocycles. The van der Waals surface area contributed by atoms with Crippen molar-refractivity contribution in [2.45, 2.75) is 57.6 Å². The molecule has 0 radical (unpaired) electrons. The van der Waals surface area contributed by atoms with Gasteiger partial charge in [0.2, 0.25) is 0 Å². The molecule has 1 aliphatic heterocycles. The highest BCUT2D eigenvalue weighted by molar-refractivity contribution is 4.72. The van der Waals surface area contributed by atoms with E-state index in [9.17, 15) is 0 Å². The van der Waals surface area contributed by atoms with Crippen LogP contribution in [-0.4, -0.2) is 31.3 Å². The standard InChI is InChI=1S/C12H26N2O/c1-12(2,13)7-4-8-14-9-6-11-5-3-10-15-11/h11,14H,3-10,13H2,1-2H3. The zero-order valence-electron chi connectivity index (χ0n) is 10.2. The van der Waals surface area contributed by atoms with Crippen LogP contribution in [0, 0.1) is 0 Å². The first-order valence-electron chi connectivity index (χ1n) is 6.19. The zero-order chi connectivity index (χ0) is 11.1. The van der Waals surface area contributed by atoms with Gasteiger partial charge in [-0.05, 0) is 59.0 Å². The summed E-state index contributed by atoms with van der Waals surface area (Å²) in [4.78, 5) is 0. The molecule has 1 unspecified atom stereocenters. The van der Waals surface area contributed by atoms with Crippen molar-refractivity contribution in [1.29, 1.82) is 0 Å². The third kappa shape index (κ3) is 6.88. The van der Waals surface area contributed by atoms with E-state index in [0.29, 0.717) is 6.10 Å². The molecule has 0 amide bonds. The summed E-state index contributed by atoms with van der Waals surface area (Å²) in [5.41, 5.74) is 5.88. The number of ether oxygens (including phenoxy) is 1. The van der Waals surface area contributed by atoms with Gasteiger partial charge in [0.15, 0.2) is 0 Å². The molecule has 1 aliphatic rings. The van der Waals surface area contributed by atoms with Gasteiger partial charge in [0.1, 0.15) is 0 Å². The van der Waals surface area contributed by atoms with Crippen molar-refractivity contribution < 1.29 is 4.74 Å². The lowest BCUT2D eigenvalue weighted by molar-refractivity contribution is 0.104. The summed E-state index contributed by atoms with van der Waals surface area (Å²) in [6.45, 7) is 7.29. The van der Waals surface area contributed by atoms with E-state index in [4.69, 9.17) is 10.5 Å². The molecule has 1 fully saturated rings. The molecule has 1 rings (SSSR count). The molecule has 0 aromatic carbocycles. The lowest BCUT2D eigenvalue weighted by Gasteiger charge is -2.18. The Morgan fingerprint density at radius 3 is 2.80 bits per heavy atom. The molecule has 3 nitrogen and oxygen atoms in total. The van der Waals surface area contributed by atoms with E-state index in [0.717, 1.165) is 39.0 Å². The summed E-state index contributed by atoms with van der Waals surface area (Å²) >= 11 is 0. The fourth-order valence-electron chi connectivity index (χ4n) is 1.93. The smallest absolute Gasteiger partial charge is 0.0588 e. The average molecular weight is 214 g/mol. The normalized spacial score (nSPS) is 22.2. The van der Waals surface area contributed by atoms with Crippen molar-refractivity contribution in [1.82, 2.24) is 5.32 Å². The SMILES string of the molecule is CC(C)(N)CCCNCCC1CCCO1. The van der Waals surface area contributed by atoms with Gasteiger partial charge in [-0.2, -0.15) is 0 Å². The molecule has 0 saturated carbocycles. The van der Waals surface area contributed by atoms with Crippen LogP contribution in [-0.2, 0) is 4.74 Å². The maximum absolute atomic E-state index is 5.90. The number of nitrogens with one attached hydrogen (secondary N) is 1. The molecule has 0 bridgehead atoms. The van der Waals surface area contributed by atoms with E-state index < -0.39 is 0 Å². The first kappa shape index (κ1) is 12.9. The van der Waals surface area contributed by atoms with E-state index in [-0.39, 0.29) is 5.54 Å². The topological polar surface area (TPSA) is 47.3 Å². The first-order chi connectivity index (χ1) is 7.08. The molecule has 1 atom stereocenters. The Kier molecular flexibility index (Phi) is 5.58. The molecule has 0 spiro atoms. The van der Waals surface area contributed by atoms with Crippen LogP contribution >= 0.6 is 0 Å². The van der Waals surface area contributed by atoms with Crippen molar-refractivity contribution in [3.05, 3.63) is 0 Å². The fourth-order valence-corrected chi connectivity index (χ4v) is 1.93. The van der Waals surface area contributed by atoms with Gasteiger partial charge >= 0.3 is 0 Å². The van der Waals surface area contributed by atoms with Crippen molar-refractivity contribution in [3.63, 3.8) is 0 Å². The quantitative estimate of drug-likeness (QED) is 0.634. The zero-order valence-corrected chi connectivity index (χ0v) is 10.2. The number of hydrogen-bond acceptors (Lipinski definition) is 3. The van der Waals surface area contributed by atoms with Crippen LogP contribution in [0.4, 0.5) is 0 Å². The Balaban J connectivity index is 1.84. The van der Waals surface area contributed by atoms with Gasteiger partial charge in [-0.25, -0.2) is 0 Å². The lowest BCUT2D eigenvalue weighted by atomic mass is 10.0. The summed E-state index contributed by atoms with van der Waals surface area (Å²) < 4.78 is 5.55. The van der Waals surface area contributed by atoms with Gasteiger partial charge in [-0.3, -0.25) is 0 Å². The summed E-state index contributed by atoms with van der Waals surface area (Å²) in [6.07, 6.45) is 6.41. The minimum Gasteiger partial charge on any atom is -0.378 e. The van der Waals surface area contributed by atoms with Crippen molar-refractivity contribution in [3.8, 4) is 0 Å². The van der Waals surface area contributed by atoms with Crippen molar-refractivity contribution >= 4 is 0 Å². The van der Waals surface area contributed by atoms with Gasteiger partial charge in [-0.15, -0.1) is 0 Å². The van der Waals surface area contributed by atoms with Gasteiger partial charge in [0.25, 0.3) is 0 Å². The largest absolute Gasteiger partial charge is 0.378 e. The number of rotatable bonds is 7. The first-order valence-corrected chi connectivity index (χ1v) is 6.19. The minimum atomic E-state index is -0.0176. The van der Waals surface area contributed by atoms with E-state index in [2.05, 4.69) is 19.2 Å². The summed E-state index contributed by atoms with van der Waals surface area (Å²) in [6, 6.07) is 0. The highest BCUT2D eigenvalue weighted by atomic mass is 16.5. The molecular formula is C12H26N2O. The van der Waals surface area contributed by atoms with Crippen LogP contribution in [0.3, 0.4) is 0 Å². The minimum absolute atomic E-state index is 0.0176. The molecule has 15 heavy (non-hydrogen) atoms. The summed E-state index contributed by atoms with van der Waals surface area (Å²) in [5, 5.41) is 3.45. The molecule has 0 aromatic rings. The molecule has 3 heteroatoms. The van der Waals surface area contributed by atoms with Crippen LogP contribution < -0.4 is 11.1 Å². The van der Waals surface area contributed by atoms with Crippen LogP contribution in [0.1, 0.15) is 46.0 Å². The second-order valence-electron chi connectivity index (χ2n) is 5.27. The Hall–Kier alpha value is -0.120. The molecule has 1 heterocycles. The van der Waals surface area contributed by atoms with Gasteiger partial charge in [0, 0.05) is 12.1 Å². The van der Waals surface area contributed by atoms with Crippen LogP contribution in [0.15, 0.2) is 0 Å². The second kappa shape index (κ2) is 6.46. The Morgan fingerprint density at radius 2 is 2.20 bits per heavy atom. The van der Waals surface area contributed by atoms with Crippen molar-refractivity contribution in [2.24, 2.45) is 5.73 Å². The van der Waals surface area contributed by atoms with E-state index >= 15 is 0 Å². The Bertz CT molecular complexity index is 159. The van der Waals surface area contributed by atoms with Gasteiger partial charge in [0.05, 0.1) is 6.10 Å². The summed E-state index contributed by atoms with van der Waals surface area (Å²) in [7, 11) is 0. The lowest BCUT2D eigenvalue weighted by Crippen LogP contribution is -2.33. The van der Waals surface area contributed by atoms with Crippen molar-refractivity contribution in [2.75, 3.05) is 19.7 Å². The van der Waals surface area contributed by atoms with E-state index in [1.54, 1.807) is 0 Å². The average Bonchev–Trinajstić information content (AvgIpc) is 2.61. The maximum Gasteiger partial charge on any atom is 0.0588 e. The number of hydrogen-bond donors (Lipinski definition) is 2. The highest BCUT2D eigenvalue weighted by Gasteiger charge is 2.14. The Morgan fingerprint density at radius 1 is 1.40 bits per heavy atom. The van der Waals surface area contributed by atoms with Crippen LogP contribution in [0.2, 0.25) is 0 Å². The van der Waals surface area contributed by atoms with E-state index in [1.807, 2.05) is 0 Å². The predicted molar refractivity (Wildman–Crippen MR) is 64.0 cm³/mol. The van der Waals surface area contributed by atoms with E-state index in [1.165, 1.54) is 12.8 Å². The molecule has 3 N–H and O–H groups in total. The Labute approximate surface area is 93.8 Å².